The lowest BCUT2D eigenvalue weighted by atomic mass is 11.5. The molecule has 0 bridgehead atoms. The van der Waals surface area contributed by atoms with Gasteiger partial charge >= 0.3 is 16.6 Å². The van der Waals surface area contributed by atoms with Gasteiger partial charge in [0.2, 0.25) is 0 Å². The average Bonchev–Trinajstić information content (AvgIpc) is 1.19. The van der Waals surface area contributed by atoms with Crippen molar-refractivity contribution in [1.29, 1.82) is 0 Å². The highest BCUT2D eigenvalue weighted by atomic mass is 32.3. The van der Waals surface area contributed by atoms with Crippen LogP contribution in [0.3, 0.4) is 0 Å². The lowest BCUT2D eigenvalue weighted by Gasteiger charge is -1.68. The Morgan fingerprint density at radius 2 is 1.00 bits per heavy atom. The third-order valence-corrected chi connectivity index (χ3v) is 0. The molecule has 0 aromatic carbocycles. The molecule has 0 fully saturated rings. The van der Waals surface area contributed by atoms with Crippen LogP contribution in [0.25, 0.3) is 0 Å². The highest BCUT2D eigenvalue weighted by molar-refractivity contribution is 7.79. The molecule has 0 unspecified atom stereocenters. The van der Waals surface area contributed by atoms with E-state index in [1.165, 1.54) is 0 Å². The van der Waals surface area contributed by atoms with Gasteiger partial charge in [-0.15, -0.1) is 0 Å². The fraction of sp³-hybridized carbons (Fsp3) is 0. The summed E-state index contributed by atoms with van der Waals surface area (Å²) in [5.41, 5.74) is 0. The zero-order valence-electron chi connectivity index (χ0n) is 3.92. The van der Waals surface area contributed by atoms with Gasteiger partial charge in [-0.1, -0.05) is 0 Å². The Labute approximate surface area is 83.9 Å². The molecule has 10 heteroatoms. The van der Waals surface area contributed by atoms with Gasteiger partial charge in [-0.05, 0) is 0 Å². The lowest BCUT2D eigenvalue weighted by Crippen LogP contribution is -1.89. The van der Waals surface area contributed by atoms with Crippen molar-refractivity contribution in [3.8, 4) is 0 Å². The lowest BCUT2D eigenvalue weighted by molar-refractivity contribution is 0.137. The van der Waals surface area contributed by atoms with Crippen LogP contribution in [0.4, 0.5) is 4.79 Å². The Morgan fingerprint density at radius 1 is 1.00 bits per heavy atom. The van der Waals surface area contributed by atoms with Crippen LogP contribution < -0.4 is 0 Å². The first-order valence-electron chi connectivity index (χ1n) is 1.35. The van der Waals surface area contributed by atoms with Crippen LogP contribution in [0.5, 0.6) is 0 Å². The molecule has 0 atom stereocenters. The Morgan fingerprint density at radius 3 is 1.00 bits per heavy atom. The van der Waals surface area contributed by atoms with Crippen molar-refractivity contribution in [1.82, 2.24) is 0 Å². The topological polar surface area (TPSA) is 132 Å². The van der Waals surface area contributed by atoms with E-state index in [4.69, 9.17) is 32.5 Å². The van der Waals surface area contributed by atoms with Crippen molar-refractivity contribution in [2.24, 2.45) is 0 Å². The minimum absolute atomic E-state index is 0. The van der Waals surface area contributed by atoms with Gasteiger partial charge in [0.1, 0.15) is 0 Å². The van der Waals surface area contributed by atoms with Crippen molar-refractivity contribution in [3.63, 3.8) is 0 Å². The monoisotopic (exact) mass is 220 g/mol. The molecule has 0 heterocycles. The van der Waals surface area contributed by atoms with Crippen LogP contribution in [-0.4, -0.2) is 68.6 Å². The van der Waals surface area contributed by atoms with E-state index in [2.05, 4.69) is 0 Å². The van der Waals surface area contributed by atoms with Gasteiger partial charge in [0.05, 0.1) is 0 Å². The molecule has 0 saturated carbocycles. The molecule has 0 aromatic heterocycles. The molecule has 11 heavy (non-hydrogen) atoms. The maximum atomic E-state index is 8.74. The normalized spacial score (nSPS) is 7.45. The summed E-state index contributed by atoms with van der Waals surface area (Å²) < 4.78 is 31.6. The van der Waals surface area contributed by atoms with Crippen LogP contribution in [0.15, 0.2) is 0 Å². The van der Waals surface area contributed by atoms with Gasteiger partial charge < -0.3 is 10.2 Å². The van der Waals surface area contributed by atoms with Gasteiger partial charge in [0.25, 0.3) is 0 Å². The molecule has 68 valence electrons. The largest absolute Gasteiger partial charge is 0.503 e. The molecule has 0 saturated heterocycles. The van der Waals surface area contributed by atoms with Crippen molar-refractivity contribution in [3.05, 3.63) is 0 Å². The van der Waals surface area contributed by atoms with Crippen LogP contribution in [0.1, 0.15) is 0 Å². The fourth-order valence-corrected chi connectivity index (χ4v) is 0. The fourth-order valence-electron chi connectivity index (χ4n) is 0. The molecule has 0 aliphatic carbocycles. The average molecular weight is 220 g/mol. The van der Waals surface area contributed by atoms with E-state index >= 15 is 0 Å². The van der Waals surface area contributed by atoms with E-state index in [-0.39, 0.29) is 34.7 Å². The molecule has 4 N–H and O–H groups in total. The molecule has 7 nitrogen and oxygen atoms in total. The summed E-state index contributed by atoms with van der Waals surface area (Å²) in [6.45, 7) is 0. The van der Waals surface area contributed by atoms with Crippen LogP contribution >= 0.6 is 0 Å². The van der Waals surface area contributed by atoms with Crippen LogP contribution in [0.2, 0.25) is 0 Å². The molecule has 0 radical (unpaired) electrons. The van der Waals surface area contributed by atoms with Gasteiger partial charge in [0.15, 0.2) is 34.7 Å². The third-order valence-electron chi connectivity index (χ3n) is 0. The Hall–Kier alpha value is 0.205. The minimum Gasteiger partial charge on any atom is -0.450 e. The number of rotatable bonds is 0. The zero-order chi connectivity index (χ0) is 8.08. The number of hydrogen-bond donors (Lipinski definition) is 4. The summed E-state index contributed by atoms with van der Waals surface area (Å²) >= 11 is 0. The molecule has 0 amide bonds. The van der Waals surface area contributed by atoms with Crippen LogP contribution in [-0.2, 0) is 10.4 Å². The van der Waals surface area contributed by atoms with E-state index in [0.29, 0.717) is 0 Å². The maximum Gasteiger partial charge on any atom is 0.503 e. The molecule has 0 aliphatic heterocycles. The maximum absolute atomic E-state index is 8.74. The van der Waals surface area contributed by atoms with E-state index in [1.54, 1.807) is 0 Å². The van der Waals surface area contributed by atoms with Crippen molar-refractivity contribution >= 4 is 51.3 Å². The van der Waals surface area contributed by atoms with Gasteiger partial charge in [0, 0.05) is 0 Å². The van der Waals surface area contributed by atoms with E-state index in [1.807, 2.05) is 0 Å². The summed E-state index contributed by atoms with van der Waals surface area (Å²) in [7, 11) is -4.67. The first-order valence-corrected chi connectivity index (χ1v) is 2.75. The second-order valence-corrected chi connectivity index (χ2v) is 1.63. The smallest absolute Gasteiger partial charge is 0.450 e. The Balaban J connectivity index is -0.0000000383. The molecular formula is CH10Al2O7S. The second kappa shape index (κ2) is 10.2. The quantitative estimate of drug-likeness (QED) is 0.256. The SMILES string of the molecule is O=C(O)O.O=S(=O)(O)O.[AlH3].[AlH3]. The summed E-state index contributed by atoms with van der Waals surface area (Å²) in [5, 5.41) is 13.9. The third kappa shape index (κ3) is 16400. The second-order valence-electron chi connectivity index (χ2n) is 0.730. The molecule has 0 rings (SSSR count). The summed E-state index contributed by atoms with van der Waals surface area (Å²) in [6, 6.07) is 0. The molecule has 0 spiro atoms. The van der Waals surface area contributed by atoms with Crippen LogP contribution in [0, 0.1) is 0 Å². The standard InChI is InChI=1S/CH2O3.2Al.H2O4S.6H/c2-1(3)4;;;1-5(2,3)4;;;;;;/h(H2,2,3,4);;;(H2,1,2,3,4);;;;;;. The van der Waals surface area contributed by atoms with Gasteiger partial charge in [-0.3, -0.25) is 9.11 Å². The summed E-state index contributed by atoms with van der Waals surface area (Å²) in [4.78, 5) is 8.56. The predicted molar refractivity (Wildman–Crippen MR) is 44.7 cm³/mol. The minimum atomic E-state index is -4.67. The van der Waals surface area contributed by atoms with E-state index in [0.717, 1.165) is 0 Å². The van der Waals surface area contributed by atoms with Crippen molar-refractivity contribution < 1.29 is 32.5 Å². The van der Waals surface area contributed by atoms with Crippen molar-refractivity contribution in [2.75, 3.05) is 0 Å². The predicted octanol–water partition coefficient (Wildman–Crippen LogP) is -2.80. The van der Waals surface area contributed by atoms with E-state index in [9.17, 15) is 0 Å². The first kappa shape index (κ1) is 22.5. The van der Waals surface area contributed by atoms with Gasteiger partial charge in [-0.2, -0.15) is 8.42 Å². The number of hydrogen-bond acceptors (Lipinski definition) is 3. The summed E-state index contributed by atoms with van der Waals surface area (Å²) in [5.74, 6) is 0. The molecule has 0 aromatic rings. The van der Waals surface area contributed by atoms with Gasteiger partial charge in [-0.25, -0.2) is 4.79 Å². The Kier molecular flexibility index (Phi) is 20.9. The Bertz CT molecular complexity index is 159. The highest BCUT2D eigenvalue weighted by Gasteiger charge is 1.84. The number of carbonyl (C=O) groups is 1. The number of carboxylic acid groups (broad SMARTS) is 2. The summed E-state index contributed by atoms with van der Waals surface area (Å²) in [6.07, 6.45) is -1.83. The first-order chi connectivity index (χ1) is 3.73. The molecule has 0 aliphatic rings. The zero-order valence-corrected chi connectivity index (χ0v) is 4.74. The van der Waals surface area contributed by atoms with E-state index < -0.39 is 16.6 Å². The van der Waals surface area contributed by atoms with Crippen molar-refractivity contribution in [2.45, 2.75) is 0 Å². The molecular weight excluding hydrogens is 210 g/mol. The highest BCUT2D eigenvalue weighted by Crippen LogP contribution is 1.59.